The lowest BCUT2D eigenvalue weighted by Gasteiger charge is -2.29. The lowest BCUT2D eigenvalue weighted by molar-refractivity contribution is -0.155. The normalized spacial score (nSPS) is 14.9. The standard InChI is InChI=1S/C31H49NO8/c1-11-20(2)14-25(33)38-21(3)16-31(32,28(36)37-10)17-22-12-13-23(39-26(34)18-29(4,5)6)24(15-22)40-27(35)19-30(7,8)9/h12-13,15,20-21H,11,14,16-19,32H2,1-10H3/t20?,21-,31?/m0/s1. The van der Waals surface area contributed by atoms with Crippen molar-refractivity contribution in [3.05, 3.63) is 23.8 Å². The Morgan fingerprint density at radius 2 is 1.38 bits per heavy atom. The van der Waals surface area contributed by atoms with Gasteiger partial charge in [0.2, 0.25) is 0 Å². The number of methoxy groups -OCH3 is 1. The van der Waals surface area contributed by atoms with Gasteiger partial charge in [0.25, 0.3) is 0 Å². The van der Waals surface area contributed by atoms with Gasteiger partial charge in [-0.3, -0.25) is 19.2 Å². The summed E-state index contributed by atoms with van der Waals surface area (Å²) in [6.07, 6.45) is 0.760. The monoisotopic (exact) mass is 563 g/mol. The Hall–Kier alpha value is -2.94. The summed E-state index contributed by atoms with van der Waals surface area (Å²) in [5.41, 5.74) is 4.94. The van der Waals surface area contributed by atoms with E-state index in [1.807, 2.05) is 55.4 Å². The van der Waals surface area contributed by atoms with Crippen LogP contribution >= 0.6 is 0 Å². The van der Waals surface area contributed by atoms with Crippen molar-refractivity contribution in [3.63, 3.8) is 0 Å². The van der Waals surface area contributed by atoms with Crippen LogP contribution in [0.3, 0.4) is 0 Å². The van der Waals surface area contributed by atoms with Crippen molar-refractivity contribution in [2.45, 2.75) is 112 Å². The lowest BCUT2D eigenvalue weighted by Crippen LogP contribution is -2.53. The summed E-state index contributed by atoms with van der Waals surface area (Å²) in [4.78, 5) is 50.3. The van der Waals surface area contributed by atoms with Crippen LogP contribution in [0.4, 0.5) is 0 Å². The number of rotatable bonds is 13. The molecule has 0 fully saturated rings. The second kappa shape index (κ2) is 14.6. The molecule has 1 rings (SSSR count). The molecule has 0 radical (unpaired) electrons. The molecule has 0 heterocycles. The van der Waals surface area contributed by atoms with E-state index in [-0.39, 0.29) is 66.3 Å². The Bertz CT molecular complexity index is 1040. The van der Waals surface area contributed by atoms with Gasteiger partial charge in [0.05, 0.1) is 20.0 Å². The van der Waals surface area contributed by atoms with E-state index < -0.39 is 29.6 Å². The third-order valence-corrected chi connectivity index (χ3v) is 6.11. The zero-order valence-corrected chi connectivity index (χ0v) is 26.0. The van der Waals surface area contributed by atoms with Crippen LogP contribution in [-0.4, -0.2) is 42.6 Å². The number of hydrogen-bond acceptors (Lipinski definition) is 9. The number of carbonyl (C=O) groups excluding carboxylic acids is 4. The predicted octanol–water partition coefficient (Wildman–Crippen LogP) is 5.54. The molecule has 0 saturated carbocycles. The largest absolute Gasteiger partial charge is 0.468 e. The number of carbonyl (C=O) groups is 4. The molecule has 0 aromatic heterocycles. The molecule has 0 bridgehead atoms. The van der Waals surface area contributed by atoms with Crippen molar-refractivity contribution < 1.29 is 38.1 Å². The van der Waals surface area contributed by atoms with Gasteiger partial charge < -0.3 is 24.7 Å². The first-order valence-electron chi connectivity index (χ1n) is 13.9. The smallest absolute Gasteiger partial charge is 0.326 e. The maximum atomic E-state index is 12.8. The molecule has 0 spiro atoms. The van der Waals surface area contributed by atoms with Gasteiger partial charge in [-0.1, -0.05) is 67.9 Å². The highest BCUT2D eigenvalue weighted by atomic mass is 16.6. The van der Waals surface area contributed by atoms with E-state index in [0.717, 1.165) is 6.42 Å². The zero-order valence-electron chi connectivity index (χ0n) is 26.0. The summed E-state index contributed by atoms with van der Waals surface area (Å²) in [7, 11) is 1.24. The summed E-state index contributed by atoms with van der Waals surface area (Å²) in [5.74, 6) is -1.68. The molecule has 0 amide bonds. The van der Waals surface area contributed by atoms with Crippen molar-refractivity contribution in [2.24, 2.45) is 22.5 Å². The van der Waals surface area contributed by atoms with Crippen LogP contribution in [0.1, 0.15) is 100.0 Å². The Morgan fingerprint density at radius 1 is 0.850 bits per heavy atom. The Labute approximate surface area is 239 Å². The van der Waals surface area contributed by atoms with Gasteiger partial charge in [0.1, 0.15) is 11.6 Å². The third kappa shape index (κ3) is 12.9. The van der Waals surface area contributed by atoms with Crippen LogP contribution in [0.5, 0.6) is 11.5 Å². The van der Waals surface area contributed by atoms with Gasteiger partial charge in [-0.2, -0.15) is 0 Å². The van der Waals surface area contributed by atoms with Crippen molar-refractivity contribution in [1.29, 1.82) is 0 Å². The van der Waals surface area contributed by atoms with Gasteiger partial charge in [-0.05, 0) is 41.4 Å². The fourth-order valence-electron chi connectivity index (χ4n) is 4.06. The van der Waals surface area contributed by atoms with Gasteiger partial charge >= 0.3 is 23.9 Å². The minimum absolute atomic E-state index is 0.00698. The Morgan fingerprint density at radius 3 is 1.85 bits per heavy atom. The number of nitrogens with two attached hydrogens (primary N) is 1. The molecule has 0 saturated heterocycles. The van der Waals surface area contributed by atoms with Crippen molar-refractivity contribution in [3.8, 4) is 11.5 Å². The van der Waals surface area contributed by atoms with E-state index in [0.29, 0.717) is 5.56 Å². The minimum Gasteiger partial charge on any atom is -0.468 e. The highest BCUT2D eigenvalue weighted by Gasteiger charge is 2.38. The van der Waals surface area contributed by atoms with Crippen LogP contribution in [0.2, 0.25) is 0 Å². The highest BCUT2D eigenvalue weighted by molar-refractivity contribution is 5.81. The first-order chi connectivity index (χ1) is 18.3. The van der Waals surface area contributed by atoms with E-state index in [2.05, 4.69) is 0 Å². The fourth-order valence-corrected chi connectivity index (χ4v) is 4.06. The summed E-state index contributed by atoms with van der Waals surface area (Å²) in [6, 6.07) is 4.69. The SMILES string of the molecule is CCC(C)CC(=O)O[C@@H](C)CC(N)(Cc1ccc(OC(=O)CC(C)(C)C)c(OC(=O)CC(C)(C)C)c1)C(=O)OC. The maximum absolute atomic E-state index is 12.8. The number of ether oxygens (including phenoxy) is 4. The first kappa shape index (κ1) is 35.1. The number of hydrogen-bond donors (Lipinski definition) is 1. The van der Waals surface area contributed by atoms with Crippen molar-refractivity contribution in [1.82, 2.24) is 0 Å². The van der Waals surface area contributed by atoms with E-state index in [9.17, 15) is 19.2 Å². The lowest BCUT2D eigenvalue weighted by atomic mass is 9.86. The van der Waals surface area contributed by atoms with E-state index in [4.69, 9.17) is 24.7 Å². The number of esters is 4. The van der Waals surface area contributed by atoms with Crippen molar-refractivity contribution in [2.75, 3.05) is 7.11 Å². The van der Waals surface area contributed by atoms with Gasteiger partial charge in [0.15, 0.2) is 11.5 Å². The van der Waals surface area contributed by atoms with Crippen LogP contribution in [0.15, 0.2) is 18.2 Å². The molecule has 2 N–H and O–H groups in total. The maximum Gasteiger partial charge on any atom is 0.326 e. The Kier molecular flexibility index (Phi) is 12.8. The van der Waals surface area contributed by atoms with Gasteiger partial charge in [-0.25, -0.2) is 0 Å². The van der Waals surface area contributed by atoms with Crippen LogP contribution < -0.4 is 15.2 Å². The first-order valence-corrected chi connectivity index (χ1v) is 13.9. The van der Waals surface area contributed by atoms with Crippen LogP contribution in [0.25, 0.3) is 0 Å². The van der Waals surface area contributed by atoms with Crippen molar-refractivity contribution >= 4 is 23.9 Å². The van der Waals surface area contributed by atoms with Crippen LogP contribution in [0, 0.1) is 16.7 Å². The summed E-state index contributed by atoms with van der Waals surface area (Å²) >= 11 is 0. The van der Waals surface area contributed by atoms with Gasteiger partial charge in [0, 0.05) is 19.3 Å². The molecule has 40 heavy (non-hydrogen) atoms. The fraction of sp³-hybridized carbons (Fsp3) is 0.677. The summed E-state index contributed by atoms with van der Waals surface area (Å²) in [5, 5.41) is 0. The molecule has 9 heteroatoms. The van der Waals surface area contributed by atoms with Crippen LogP contribution in [-0.2, 0) is 35.1 Å². The third-order valence-electron chi connectivity index (χ3n) is 6.11. The molecule has 0 aliphatic rings. The highest BCUT2D eigenvalue weighted by Crippen LogP contribution is 2.33. The zero-order chi connectivity index (χ0) is 30.9. The minimum atomic E-state index is -1.54. The average Bonchev–Trinajstić information content (AvgIpc) is 2.77. The molecule has 0 aliphatic carbocycles. The Balaban J connectivity index is 3.28. The second-order valence-electron chi connectivity index (χ2n) is 13.3. The molecule has 9 nitrogen and oxygen atoms in total. The van der Waals surface area contributed by atoms with E-state index in [1.54, 1.807) is 13.0 Å². The molecule has 1 aromatic rings. The second-order valence-corrected chi connectivity index (χ2v) is 13.3. The molecule has 2 unspecified atom stereocenters. The average molecular weight is 564 g/mol. The molecule has 1 aromatic carbocycles. The predicted molar refractivity (Wildman–Crippen MR) is 153 cm³/mol. The number of benzene rings is 1. The summed E-state index contributed by atoms with van der Waals surface area (Å²) in [6.45, 7) is 17.1. The van der Waals surface area contributed by atoms with E-state index >= 15 is 0 Å². The molecular weight excluding hydrogens is 514 g/mol. The molecule has 0 aliphatic heterocycles. The molecule has 226 valence electrons. The molecular formula is C31H49NO8. The summed E-state index contributed by atoms with van der Waals surface area (Å²) < 4.78 is 21.7. The van der Waals surface area contributed by atoms with Gasteiger partial charge in [-0.15, -0.1) is 0 Å². The van der Waals surface area contributed by atoms with E-state index in [1.165, 1.54) is 19.2 Å². The quantitative estimate of drug-likeness (QED) is 0.243. The topological polar surface area (TPSA) is 131 Å². The molecule has 3 atom stereocenters.